The number of hydrogen-bond acceptors (Lipinski definition) is 2. The van der Waals surface area contributed by atoms with E-state index in [2.05, 4.69) is 19.2 Å². The zero-order valence-corrected chi connectivity index (χ0v) is 9.32. The van der Waals surface area contributed by atoms with Crippen molar-refractivity contribution >= 4 is 6.29 Å². The molecule has 2 nitrogen and oxygen atoms in total. The molecule has 84 valence electrons. The lowest BCUT2D eigenvalue weighted by Gasteiger charge is -2.15. The van der Waals surface area contributed by atoms with Crippen molar-refractivity contribution < 1.29 is 9.53 Å². The van der Waals surface area contributed by atoms with E-state index < -0.39 is 0 Å². The minimum atomic E-state index is 0.0435. The Bertz CT molecular complexity index is 370. The third kappa shape index (κ3) is 3.39. The van der Waals surface area contributed by atoms with Gasteiger partial charge in [-0.05, 0) is 24.5 Å². The summed E-state index contributed by atoms with van der Waals surface area (Å²) >= 11 is 0. The van der Waals surface area contributed by atoms with Crippen LogP contribution in [0.4, 0.5) is 0 Å². The van der Waals surface area contributed by atoms with Crippen LogP contribution in [-0.4, -0.2) is 12.9 Å². The highest BCUT2D eigenvalue weighted by Gasteiger charge is 2.09. The average Bonchev–Trinajstić information content (AvgIpc) is 2.35. The first kappa shape index (κ1) is 12.2. The van der Waals surface area contributed by atoms with E-state index in [0.29, 0.717) is 5.76 Å². The van der Waals surface area contributed by atoms with Gasteiger partial charge in [-0.1, -0.05) is 37.5 Å². The lowest BCUT2D eigenvalue weighted by Crippen LogP contribution is -2.01. The fourth-order valence-electron chi connectivity index (χ4n) is 1.48. The zero-order valence-electron chi connectivity index (χ0n) is 9.32. The second-order valence-corrected chi connectivity index (χ2v) is 3.38. The molecule has 0 aromatic heterocycles. The van der Waals surface area contributed by atoms with Crippen LogP contribution in [0, 0.1) is 0 Å². The molecule has 1 rings (SSSR count). The fourth-order valence-corrected chi connectivity index (χ4v) is 1.48. The number of carbonyl (C=O) groups excluding carboxylic acids is 1. The monoisotopic (exact) mass is 216 g/mol. The van der Waals surface area contributed by atoms with E-state index in [-0.39, 0.29) is 6.61 Å². The van der Waals surface area contributed by atoms with Gasteiger partial charge >= 0.3 is 0 Å². The molecule has 0 amide bonds. The third-order valence-electron chi connectivity index (χ3n) is 2.27. The molecule has 0 unspecified atom stereocenters. The molecule has 0 radical (unpaired) electrons. The van der Waals surface area contributed by atoms with Crippen LogP contribution >= 0.6 is 0 Å². The maximum Gasteiger partial charge on any atom is 0.157 e. The van der Waals surface area contributed by atoms with Gasteiger partial charge in [-0.2, -0.15) is 0 Å². The first-order valence-corrected chi connectivity index (χ1v) is 5.24. The van der Waals surface area contributed by atoms with Gasteiger partial charge in [0.05, 0.1) is 0 Å². The summed E-state index contributed by atoms with van der Waals surface area (Å²) in [6.07, 6.45) is 12.2. The molecule has 0 atom stereocenters. The molecule has 1 aliphatic rings. The van der Waals surface area contributed by atoms with Crippen LogP contribution in [-0.2, 0) is 9.53 Å². The van der Waals surface area contributed by atoms with Gasteiger partial charge in [0.2, 0.25) is 0 Å². The Balaban J connectivity index is 2.78. The Morgan fingerprint density at radius 3 is 2.94 bits per heavy atom. The van der Waals surface area contributed by atoms with E-state index in [1.54, 1.807) is 12.2 Å². The number of ether oxygens (including phenoxy) is 1. The Morgan fingerprint density at radius 1 is 1.56 bits per heavy atom. The summed E-state index contributed by atoms with van der Waals surface area (Å²) in [6, 6.07) is 0. The van der Waals surface area contributed by atoms with Crippen molar-refractivity contribution in [2.75, 3.05) is 6.61 Å². The Labute approximate surface area is 96.3 Å². The molecule has 2 heteroatoms. The van der Waals surface area contributed by atoms with Gasteiger partial charge in [0.25, 0.3) is 0 Å². The summed E-state index contributed by atoms with van der Waals surface area (Å²) in [5, 5.41) is 0. The number of hydrogen-bond donors (Lipinski definition) is 0. The van der Waals surface area contributed by atoms with Gasteiger partial charge in [-0.15, -0.1) is 0 Å². The predicted molar refractivity (Wildman–Crippen MR) is 65.9 cm³/mol. The van der Waals surface area contributed by atoms with Crippen molar-refractivity contribution in [1.82, 2.24) is 0 Å². The largest absolute Gasteiger partial charge is 0.486 e. The van der Waals surface area contributed by atoms with Crippen LogP contribution in [0.15, 0.2) is 60.4 Å². The number of rotatable bonds is 6. The van der Waals surface area contributed by atoms with Crippen LogP contribution in [0.3, 0.4) is 0 Å². The zero-order chi connectivity index (χ0) is 11.8. The van der Waals surface area contributed by atoms with Crippen molar-refractivity contribution in [3.05, 3.63) is 60.4 Å². The van der Waals surface area contributed by atoms with Crippen molar-refractivity contribution in [2.45, 2.75) is 12.8 Å². The molecule has 0 fully saturated rings. The Morgan fingerprint density at radius 2 is 2.38 bits per heavy atom. The summed E-state index contributed by atoms with van der Waals surface area (Å²) in [5.74, 6) is 0.614. The molecule has 0 spiro atoms. The van der Waals surface area contributed by atoms with Crippen molar-refractivity contribution in [3.8, 4) is 0 Å². The van der Waals surface area contributed by atoms with E-state index in [1.165, 1.54) is 0 Å². The van der Waals surface area contributed by atoms with E-state index in [9.17, 15) is 4.79 Å². The quantitative estimate of drug-likeness (QED) is 0.387. The normalized spacial score (nSPS) is 15.2. The highest BCUT2D eigenvalue weighted by Crippen LogP contribution is 2.25. The van der Waals surface area contributed by atoms with E-state index in [4.69, 9.17) is 4.74 Å². The maximum atomic E-state index is 10.3. The van der Waals surface area contributed by atoms with E-state index in [0.717, 1.165) is 30.3 Å². The summed E-state index contributed by atoms with van der Waals surface area (Å²) in [6.45, 7) is 7.65. The second-order valence-electron chi connectivity index (χ2n) is 3.38. The topological polar surface area (TPSA) is 26.3 Å². The lowest BCUT2D eigenvalue weighted by molar-refractivity contribution is -0.110. The molecule has 0 heterocycles. The molecule has 1 aliphatic carbocycles. The van der Waals surface area contributed by atoms with Crippen LogP contribution in [0.5, 0.6) is 0 Å². The molecule has 0 saturated heterocycles. The maximum absolute atomic E-state index is 10.3. The number of carbonyl (C=O) groups is 1. The van der Waals surface area contributed by atoms with Gasteiger partial charge in [-0.25, -0.2) is 0 Å². The van der Waals surface area contributed by atoms with Crippen molar-refractivity contribution in [2.24, 2.45) is 0 Å². The minimum Gasteiger partial charge on any atom is -0.486 e. The van der Waals surface area contributed by atoms with Crippen LogP contribution in [0.25, 0.3) is 0 Å². The van der Waals surface area contributed by atoms with Gasteiger partial charge in [0, 0.05) is 5.57 Å². The first-order chi connectivity index (χ1) is 7.79. The Hall–Kier alpha value is -1.83. The standard InChI is InChI=1S/C14H16O2/c1-3-7-14(16-11-10-15)12(2)13-8-5-4-6-9-13/h3-5,7-8,10H,1-2,6,9,11H2/b14-7+. The molecule has 0 bridgehead atoms. The summed E-state index contributed by atoms with van der Waals surface area (Å²) in [4.78, 5) is 10.3. The molecule has 0 aromatic carbocycles. The summed E-state index contributed by atoms with van der Waals surface area (Å²) in [7, 11) is 0. The third-order valence-corrected chi connectivity index (χ3v) is 2.27. The highest BCUT2D eigenvalue weighted by atomic mass is 16.5. The Kier molecular flexibility index (Phi) is 5.06. The molecule has 0 aliphatic heterocycles. The summed E-state index contributed by atoms with van der Waals surface area (Å²) in [5.41, 5.74) is 1.97. The fraction of sp³-hybridized carbons (Fsp3) is 0.214. The lowest BCUT2D eigenvalue weighted by atomic mass is 9.97. The van der Waals surface area contributed by atoms with E-state index >= 15 is 0 Å². The molecule has 0 saturated carbocycles. The molecular formula is C14H16O2. The average molecular weight is 216 g/mol. The number of allylic oxidation sites excluding steroid dienone is 6. The smallest absolute Gasteiger partial charge is 0.157 e. The van der Waals surface area contributed by atoms with Crippen LogP contribution in [0.2, 0.25) is 0 Å². The van der Waals surface area contributed by atoms with Crippen molar-refractivity contribution in [1.29, 1.82) is 0 Å². The van der Waals surface area contributed by atoms with Crippen molar-refractivity contribution in [3.63, 3.8) is 0 Å². The highest BCUT2D eigenvalue weighted by molar-refractivity contribution is 5.52. The van der Waals surface area contributed by atoms with Gasteiger partial charge in [0.15, 0.2) is 6.29 Å². The van der Waals surface area contributed by atoms with Gasteiger partial charge in [-0.3, -0.25) is 4.79 Å². The molecule has 0 aromatic rings. The first-order valence-electron chi connectivity index (χ1n) is 5.24. The van der Waals surface area contributed by atoms with Gasteiger partial charge < -0.3 is 4.74 Å². The van der Waals surface area contributed by atoms with Crippen LogP contribution in [0.1, 0.15) is 12.8 Å². The van der Waals surface area contributed by atoms with Gasteiger partial charge in [0.1, 0.15) is 12.4 Å². The summed E-state index contributed by atoms with van der Waals surface area (Å²) < 4.78 is 5.30. The molecule has 16 heavy (non-hydrogen) atoms. The molecular weight excluding hydrogens is 200 g/mol. The van der Waals surface area contributed by atoms with Crippen LogP contribution < -0.4 is 0 Å². The molecule has 0 N–H and O–H groups in total. The second kappa shape index (κ2) is 6.62. The number of aldehydes is 1. The van der Waals surface area contributed by atoms with E-state index in [1.807, 2.05) is 12.2 Å². The SMILES string of the molecule is C=C/C=C(/OCC=O)C(=C)C1=CC=CCC1. The predicted octanol–water partition coefficient (Wildman–Crippen LogP) is 3.10. The minimum absolute atomic E-state index is 0.0435.